The van der Waals surface area contributed by atoms with Crippen molar-refractivity contribution in [3.63, 3.8) is 0 Å². The summed E-state index contributed by atoms with van der Waals surface area (Å²) >= 11 is 0. The minimum absolute atomic E-state index is 0.100. The van der Waals surface area contributed by atoms with E-state index in [0.717, 1.165) is 16.5 Å². The number of nitrogens with one attached hydrogen (secondary N) is 2. The third kappa shape index (κ3) is 2.01. The molecule has 0 radical (unpaired) electrons. The molecule has 0 aliphatic rings. The highest BCUT2D eigenvalue weighted by molar-refractivity contribution is 5.85. The van der Waals surface area contributed by atoms with E-state index in [1.165, 1.54) is 0 Å². The number of aliphatic carboxylic acids is 1. The van der Waals surface area contributed by atoms with E-state index in [9.17, 15) is 4.79 Å². The first-order chi connectivity index (χ1) is 8.07. The number of hydrazine groups is 1. The molecule has 1 atom stereocenters. The van der Waals surface area contributed by atoms with Gasteiger partial charge in [-0.05, 0) is 11.6 Å². The minimum Gasteiger partial charge on any atom is -0.479 e. The van der Waals surface area contributed by atoms with Crippen molar-refractivity contribution in [3.05, 3.63) is 36.0 Å². The molecule has 0 saturated carbocycles. The van der Waals surface area contributed by atoms with E-state index < -0.39 is 11.6 Å². The molecule has 1 heterocycles. The van der Waals surface area contributed by atoms with Crippen LogP contribution in [0.15, 0.2) is 30.5 Å². The molecule has 1 unspecified atom stereocenters. The van der Waals surface area contributed by atoms with Crippen molar-refractivity contribution in [2.24, 2.45) is 11.6 Å². The number of carboxylic acid groups (broad SMARTS) is 1. The molecular weight excluding hydrogens is 220 g/mol. The van der Waals surface area contributed by atoms with Gasteiger partial charge < -0.3 is 15.8 Å². The Kier molecular flexibility index (Phi) is 2.84. The van der Waals surface area contributed by atoms with Gasteiger partial charge in [-0.25, -0.2) is 10.2 Å². The van der Waals surface area contributed by atoms with Gasteiger partial charge in [-0.15, -0.1) is 0 Å². The smallest absolute Gasteiger partial charge is 0.340 e. The van der Waals surface area contributed by atoms with Crippen LogP contribution in [-0.4, -0.2) is 21.7 Å². The number of benzene rings is 1. The summed E-state index contributed by atoms with van der Waals surface area (Å²) in [6, 6.07) is 7.60. The number of aromatic amines is 1. The van der Waals surface area contributed by atoms with Crippen LogP contribution >= 0.6 is 0 Å². The van der Waals surface area contributed by atoms with E-state index in [-0.39, 0.29) is 6.42 Å². The fraction of sp³-hybridized carbons (Fsp3) is 0.182. The number of H-pyrrole nitrogens is 1. The molecule has 0 bridgehead atoms. The van der Waals surface area contributed by atoms with Crippen molar-refractivity contribution >= 4 is 16.9 Å². The van der Waals surface area contributed by atoms with E-state index in [1.54, 1.807) is 6.20 Å². The van der Waals surface area contributed by atoms with E-state index >= 15 is 0 Å². The second-order valence-electron chi connectivity index (χ2n) is 3.96. The summed E-state index contributed by atoms with van der Waals surface area (Å²) in [5.74, 6) is 4.01. The summed E-state index contributed by atoms with van der Waals surface area (Å²) in [6.45, 7) is 0. The number of rotatable bonds is 4. The fourth-order valence-corrected chi connectivity index (χ4v) is 1.77. The van der Waals surface area contributed by atoms with Gasteiger partial charge >= 0.3 is 5.97 Å². The van der Waals surface area contributed by atoms with Crippen LogP contribution in [0, 0.1) is 0 Å². The molecule has 0 spiro atoms. The molecule has 7 N–H and O–H groups in total. The normalized spacial score (nSPS) is 14.7. The van der Waals surface area contributed by atoms with Crippen molar-refractivity contribution in [1.29, 1.82) is 0 Å². The zero-order chi connectivity index (χ0) is 12.5. The molecule has 6 nitrogen and oxygen atoms in total. The first-order valence-corrected chi connectivity index (χ1v) is 5.12. The Balaban J connectivity index is 2.38. The molecule has 0 fully saturated rings. The van der Waals surface area contributed by atoms with Crippen molar-refractivity contribution in [1.82, 2.24) is 10.4 Å². The van der Waals surface area contributed by atoms with E-state index in [4.69, 9.17) is 16.7 Å². The molecule has 0 amide bonds. The summed E-state index contributed by atoms with van der Waals surface area (Å²) in [5, 5.41) is 9.97. The van der Waals surface area contributed by atoms with E-state index in [2.05, 4.69) is 10.4 Å². The topological polar surface area (TPSA) is 117 Å². The largest absolute Gasteiger partial charge is 0.479 e. The number of hydrogen-bond acceptors (Lipinski definition) is 4. The zero-order valence-electron chi connectivity index (χ0n) is 9.10. The van der Waals surface area contributed by atoms with Crippen LogP contribution in [0.4, 0.5) is 0 Å². The molecule has 17 heavy (non-hydrogen) atoms. The maximum absolute atomic E-state index is 11.0. The number of carboxylic acids is 1. The molecule has 1 aromatic carbocycles. The average Bonchev–Trinajstić information content (AvgIpc) is 2.72. The van der Waals surface area contributed by atoms with Gasteiger partial charge in [-0.3, -0.25) is 5.84 Å². The SMILES string of the molecule is NNC(N)(Cc1c[nH]c2ccccc12)C(=O)O. The predicted octanol–water partition coefficient (Wildman–Crippen LogP) is -0.0867. The van der Waals surface area contributed by atoms with Crippen LogP contribution in [0.2, 0.25) is 0 Å². The third-order valence-corrected chi connectivity index (χ3v) is 2.78. The second kappa shape index (κ2) is 4.17. The van der Waals surface area contributed by atoms with Gasteiger partial charge in [0, 0.05) is 23.5 Å². The summed E-state index contributed by atoms with van der Waals surface area (Å²) in [6.07, 6.45) is 1.84. The maximum Gasteiger partial charge on any atom is 0.340 e. The van der Waals surface area contributed by atoms with Gasteiger partial charge in [-0.1, -0.05) is 18.2 Å². The number of nitrogens with two attached hydrogens (primary N) is 2. The lowest BCUT2D eigenvalue weighted by Gasteiger charge is -2.23. The Bertz CT molecular complexity index is 551. The van der Waals surface area contributed by atoms with Crippen LogP contribution in [0.5, 0.6) is 0 Å². The Morgan fingerprint density at radius 3 is 2.82 bits per heavy atom. The number of carbonyl (C=O) groups is 1. The van der Waals surface area contributed by atoms with Gasteiger partial charge in [0.1, 0.15) is 0 Å². The van der Waals surface area contributed by atoms with Crippen molar-refractivity contribution < 1.29 is 9.90 Å². The Morgan fingerprint density at radius 1 is 1.47 bits per heavy atom. The number of para-hydroxylation sites is 1. The lowest BCUT2D eigenvalue weighted by atomic mass is 10.0. The van der Waals surface area contributed by atoms with Gasteiger partial charge in [0.15, 0.2) is 5.66 Å². The summed E-state index contributed by atoms with van der Waals surface area (Å²) < 4.78 is 0. The minimum atomic E-state index is -1.66. The maximum atomic E-state index is 11.0. The lowest BCUT2D eigenvalue weighted by molar-refractivity contribution is -0.144. The standard InChI is InChI=1S/C11H14N4O2/c12-11(15-13,10(16)17)5-7-6-14-9-4-2-1-3-8(7)9/h1-4,6,14-15H,5,12-13H2,(H,16,17). The lowest BCUT2D eigenvalue weighted by Crippen LogP contribution is -2.63. The Morgan fingerprint density at radius 2 is 2.18 bits per heavy atom. The fourth-order valence-electron chi connectivity index (χ4n) is 1.77. The molecular formula is C11H14N4O2. The molecule has 0 saturated heterocycles. The van der Waals surface area contributed by atoms with Gasteiger partial charge in [0.2, 0.25) is 0 Å². The van der Waals surface area contributed by atoms with Crippen molar-refractivity contribution in [2.45, 2.75) is 12.1 Å². The van der Waals surface area contributed by atoms with E-state index in [0.29, 0.717) is 0 Å². The third-order valence-electron chi connectivity index (χ3n) is 2.78. The highest BCUT2D eigenvalue weighted by Gasteiger charge is 2.33. The monoisotopic (exact) mass is 234 g/mol. The van der Waals surface area contributed by atoms with Gasteiger partial charge in [0.05, 0.1) is 0 Å². The average molecular weight is 234 g/mol. The zero-order valence-corrected chi connectivity index (χ0v) is 9.10. The Hall–Kier alpha value is -1.89. The molecule has 2 rings (SSSR count). The Labute approximate surface area is 97.6 Å². The molecule has 0 aliphatic carbocycles. The van der Waals surface area contributed by atoms with Crippen LogP contribution in [0.25, 0.3) is 10.9 Å². The molecule has 6 heteroatoms. The first kappa shape index (κ1) is 11.6. The highest BCUT2D eigenvalue weighted by atomic mass is 16.4. The van der Waals surface area contributed by atoms with Crippen LogP contribution in [-0.2, 0) is 11.2 Å². The highest BCUT2D eigenvalue weighted by Crippen LogP contribution is 2.20. The van der Waals surface area contributed by atoms with Crippen LogP contribution in [0.1, 0.15) is 5.56 Å². The second-order valence-corrected chi connectivity index (χ2v) is 3.96. The number of fused-ring (bicyclic) bond motifs is 1. The van der Waals surface area contributed by atoms with Crippen molar-refractivity contribution in [2.75, 3.05) is 0 Å². The van der Waals surface area contributed by atoms with Crippen LogP contribution < -0.4 is 17.0 Å². The predicted molar refractivity (Wildman–Crippen MR) is 63.9 cm³/mol. The molecule has 0 aliphatic heterocycles. The van der Waals surface area contributed by atoms with Gasteiger partial charge in [-0.2, -0.15) is 0 Å². The van der Waals surface area contributed by atoms with Crippen molar-refractivity contribution in [3.8, 4) is 0 Å². The summed E-state index contributed by atoms with van der Waals surface area (Å²) in [7, 11) is 0. The van der Waals surface area contributed by atoms with Crippen LogP contribution in [0.3, 0.4) is 0 Å². The summed E-state index contributed by atoms with van der Waals surface area (Å²) in [5.41, 5.74) is 7.90. The number of aromatic nitrogens is 1. The first-order valence-electron chi connectivity index (χ1n) is 5.12. The quantitative estimate of drug-likeness (QED) is 0.288. The summed E-state index contributed by atoms with van der Waals surface area (Å²) in [4.78, 5) is 14.1. The van der Waals surface area contributed by atoms with E-state index in [1.807, 2.05) is 24.3 Å². The van der Waals surface area contributed by atoms with Gasteiger partial charge in [0.25, 0.3) is 0 Å². The molecule has 90 valence electrons. The molecule has 2 aromatic rings. The molecule has 1 aromatic heterocycles. The number of hydrogen-bond donors (Lipinski definition) is 5.